The highest BCUT2D eigenvalue weighted by atomic mass is 16.5. The summed E-state index contributed by atoms with van der Waals surface area (Å²) in [6.45, 7) is 8.50. The highest BCUT2D eigenvalue weighted by Crippen LogP contribution is 2.34. The van der Waals surface area contributed by atoms with Gasteiger partial charge in [0.1, 0.15) is 18.2 Å². The average Bonchev–Trinajstić information content (AvgIpc) is 3.41. The third-order valence-corrected chi connectivity index (χ3v) is 4.89. The van der Waals surface area contributed by atoms with Crippen molar-refractivity contribution >= 4 is 17.6 Å². The molecule has 0 spiro atoms. The van der Waals surface area contributed by atoms with Crippen molar-refractivity contribution in [2.75, 3.05) is 22.9 Å². The maximum Gasteiger partial charge on any atom is 0.299 e. The Hall–Kier alpha value is -2.44. The maximum absolute atomic E-state index is 6.22. The monoisotopic (exact) mass is 372 g/mol. The molecule has 2 aliphatic rings. The van der Waals surface area contributed by atoms with Crippen molar-refractivity contribution in [3.8, 4) is 0 Å². The van der Waals surface area contributed by atoms with E-state index in [1.165, 1.54) is 12.8 Å². The molecule has 4 heterocycles. The van der Waals surface area contributed by atoms with Crippen LogP contribution in [0, 0.1) is 5.92 Å². The van der Waals surface area contributed by atoms with Crippen molar-refractivity contribution in [3.63, 3.8) is 0 Å². The van der Waals surface area contributed by atoms with Gasteiger partial charge in [0.15, 0.2) is 23.7 Å². The molecule has 7 heteroatoms. The molecule has 2 aromatic rings. The molecule has 2 aliphatic heterocycles. The van der Waals surface area contributed by atoms with E-state index in [0.717, 1.165) is 55.5 Å². The van der Waals surface area contributed by atoms with Crippen LogP contribution in [-0.2, 0) is 11.2 Å². The van der Waals surface area contributed by atoms with E-state index in [-0.39, 0.29) is 6.23 Å². The number of aryl methyl sites for hydroxylation is 1. The fourth-order valence-corrected chi connectivity index (χ4v) is 3.53. The molecule has 0 aliphatic carbocycles. The zero-order valence-corrected chi connectivity index (χ0v) is 16.4. The Kier molecular flexibility index (Phi) is 5.09. The van der Waals surface area contributed by atoms with E-state index in [4.69, 9.17) is 18.6 Å². The summed E-state index contributed by atoms with van der Waals surface area (Å²) < 4.78 is 17.5. The molecule has 1 fully saturated rings. The third-order valence-electron chi connectivity index (χ3n) is 4.89. The van der Waals surface area contributed by atoms with E-state index in [1.54, 1.807) is 12.5 Å². The second-order valence-corrected chi connectivity index (χ2v) is 7.66. The Morgan fingerprint density at radius 1 is 1.15 bits per heavy atom. The van der Waals surface area contributed by atoms with Crippen molar-refractivity contribution in [3.05, 3.63) is 30.3 Å². The lowest BCUT2D eigenvalue weighted by Gasteiger charge is -2.23. The minimum Gasteiger partial charge on any atom is -0.466 e. The summed E-state index contributed by atoms with van der Waals surface area (Å²) in [7, 11) is 0. The molecule has 4 rings (SSSR count). The second-order valence-electron chi connectivity index (χ2n) is 7.66. The van der Waals surface area contributed by atoms with Gasteiger partial charge in [0.25, 0.3) is 6.01 Å². The van der Waals surface area contributed by atoms with Gasteiger partial charge in [-0.1, -0.05) is 20.8 Å². The summed E-state index contributed by atoms with van der Waals surface area (Å²) in [6, 6.07) is 0.694. The number of hydrogen-bond acceptors (Lipinski definition) is 7. The summed E-state index contributed by atoms with van der Waals surface area (Å²) >= 11 is 0. The number of anilines is 2. The van der Waals surface area contributed by atoms with Crippen LogP contribution in [0.2, 0.25) is 0 Å². The van der Waals surface area contributed by atoms with Crippen LogP contribution < -0.4 is 9.80 Å². The molecule has 1 unspecified atom stereocenters. The van der Waals surface area contributed by atoms with Crippen LogP contribution in [0.25, 0.3) is 5.76 Å². The van der Waals surface area contributed by atoms with Crippen LogP contribution >= 0.6 is 0 Å². The minimum atomic E-state index is -0.122. The van der Waals surface area contributed by atoms with Crippen LogP contribution in [0.5, 0.6) is 0 Å². The molecule has 0 saturated carbocycles. The number of nitrogens with zero attached hydrogens (tertiary/aromatic N) is 4. The van der Waals surface area contributed by atoms with Crippen molar-refractivity contribution in [2.45, 2.75) is 59.1 Å². The number of hydrogen-bond donors (Lipinski definition) is 0. The highest BCUT2D eigenvalue weighted by Gasteiger charge is 2.32. The van der Waals surface area contributed by atoms with E-state index >= 15 is 0 Å². The largest absolute Gasteiger partial charge is 0.466 e. The van der Waals surface area contributed by atoms with E-state index in [1.807, 2.05) is 11.1 Å². The van der Waals surface area contributed by atoms with Gasteiger partial charge < -0.3 is 18.5 Å². The van der Waals surface area contributed by atoms with Crippen LogP contribution in [-0.4, -0.2) is 29.3 Å². The minimum absolute atomic E-state index is 0.122. The predicted molar refractivity (Wildman–Crippen MR) is 103 cm³/mol. The molecule has 146 valence electrons. The summed E-state index contributed by atoms with van der Waals surface area (Å²) in [5.74, 6) is 2.73. The molecule has 27 heavy (non-hydrogen) atoms. The molecule has 2 aromatic heterocycles. The normalized spacial score (nSPS) is 19.9. The number of ether oxygens (including phenoxy) is 1. The lowest BCUT2D eigenvalue weighted by molar-refractivity contribution is 0.165. The first-order valence-electron chi connectivity index (χ1n) is 9.96. The Balaban J connectivity index is 1.57. The van der Waals surface area contributed by atoms with E-state index in [9.17, 15) is 0 Å². The third kappa shape index (κ3) is 3.82. The van der Waals surface area contributed by atoms with Gasteiger partial charge in [0.05, 0.1) is 6.20 Å². The smallest absolute Gasteiger partial charge is 0.299 e. The Morgan fingerprint density at radius 3 is 2.70 bits per heavy atom. The summed E-state index contributed by atoms with van der Waals surface area (Å²) in [5.41, 5.74) is 0.734. The van der Waals surface area contributed by atoms with Crippen LogP contribution in [0.1, 0.15) is 58.0 Å². The van der Waals surface area contributed by atoms with Gasteiger partial charge in [0, 0.05) is 25.9 Å². The molecule has 1 saturated heterocycles. The number of rotatable bonds is 7. The predicted octanol–water partition coefficient (Wildman–Crippen LogP) is 4.42. The molecular weight excluding hydrogens is 344 g/mol. The van der Waals surface area contributed by atoms with E-state index in [0.29, 0.717) is 11.9 Å². The topological polar surface area (TPSA) is 67.8 Å². The number of aromatic nitrogens is 2. The molecule has 0 N–H and O–H groups in total. The number of oxazole rings is 2. The van der Waals surface area contributed by atoms with Crippen molar-refractivity contribution in [1.82, 2.24) is 9.97 Å². The van der Waals surface area contributed by atoms with Crippen molar-refractivity contribution in [1.29, 1.82) is 0 Å². The SMILES string of the molecule is CCCc1nc(C2=CN(c3coc(N4CCCC4)n3)C(CC(C)C)O2)co1. The standard InChI is InChI=1S/C20H28N4O3/c1-4-7-18-21-15(12-25-18)16-11-24(19(27-16)10-14(2)3)17-13-26-20(22-17)23-8-5-6-9-23/h11-14,19H,4-10H2,1-3H3. The van der Waals surface area contributed by atoms with E-state index in [2.05, 4.69) is 30.7 Å². The molecule has 0 amide bonds. The first kappa shape index (κ1) is 17.9. The van der Waals surface area contributed by atoms with Crippen LogP contribution in [0.3, 0.4) is 0 Å². The molecule has 0 aromatic carbocycles. The molecule has 0 radical (unpaired) electrons. The van der Waals surface area contributed by atoms with E-state index < -0.39 is 0 Å². The summed E-state index contributed by atoms with van der Waals surface area (Å²) in [5, 5.41) is 0. The van der Waals surface area contributed by atoms with Gasteiger partial charge in [0.2, 0.25) is 0 Å². The fourth-order valence-electron chi connectivity index (χ4n) is 3.53. The molecule has 0 bridgehead atoms. The maximum atomic E-state index is 6.22. The second kappa shape index (κ2) is 7.66. The van der Waals surface area contributed by atoms with Crippen LogP contribution in [0.4, 0.5) is 11.8 Å². The lowest BCUT2D eigenvalue weighted by Crippen LogP contribution is -2.29. The van der Waals surface area contributed by atoms with Gasteiger partial charge in [-0.2, -0.15) is 4.98 Å². The Labute approximate surface area is 160 Å². The summed E-state index contributed by atoms with van der Waals surface area (Å²) in [6.07, 6.45) is 10.3. The molecular formula is C20H28N4O3. The first-order valence-corrected chi connectivity index (χ1v) is 9.96. The zero-order valence-electron chi connectivity index (χ0n) is 16.4. The Morgan fingerprint density at radius 2 is 1.96 bits per heavy atom. The first-order chi connectivity index (χ1) is 13.1. The molecule has 7 nitrogen and oxygen atoms in total. The average molecular weight is 372 g/mol. The zero-order chi connectivity index (χ0) is 18.8. The van der Waals surface area contributed by atoms with Gasteiger partial charge in [-0.3, -0.25) is 4.90 Å². The fraction of sp³-hybridized carbons (Fsp3) is 0.600. The van der Waals surface area contributed by atoms with Gasteiger partial charge >= 0.3 is 0 Å². The quantitative estimate of drug-likeness (QED) is 0.712. The van der Waals surface area contributed by atoms with Gasteiger partial charge in [-0.05, 0) is 25.2 Å². The van der Waals surface area contributed by atoms with Gasteiger partial charge in [-0.15, -0.1) is 0 Å². The van der Waals surface area contributed by atoms with Crippen molar-refractivity contribution < 1.29 is 13.6 Å². The Bertz CT molecular complexity index is 789. The molecule has 1 atom stereocenters. The highest BCUT2D eigenvalue weighted by molar-refractivity contribution is 5.64. The van der Waals surface area contributed by atoms with Crippen LogP contribution in [0.15, 0.2) is 27.6 Å². The summed E-state index contributed by atoms with van der Waals surface area (Å²) in [4.78, 5) is 13.5. The van der Waals surface area contributed by atoms with Gasteiger partial charge in [-0.25, -0.2) is 4.98 Å². The van der Waals surface area contributed by atoms with Crippen molar-refractivity contribution in [2.24, 2.45) is 5.92 Å². The lowest BCUT2D eigenvalue weighted by atomic mass is 10.1.